The van der Waals surface area contributed by atoms with Gasteiger partial charge in [-0.25, -0.2) is 4.79 Å². The van der Waals surface area contributed by atoms with E-state index in [0.717, 1.165) is 18.6 Å². The molecular formula is C27H29F3N2O4. The lowest BCUT2D eigenvalue weighted by Crippen LogP contribution is -2.32. The lowest BCUT2D eigenvalue weighted by Gasteiger charge is -2.24. The number of nitrogens with two attached hydrogens (primary N) is 1. The number of benzene rings is 2. The average molecular weight is 503 g/mol. The molecule has 1 unspecified atom stereocenters. The highest BCUT2D eigenvalue weighted by molar-refractivity contribution is 5.80. The number of alkyl halides is 3. The van der Waals surface area contributed by atoms with Crippen molar-refractivity contribution < 1.29 is 32.2 Å². The lowest BCUT2D eigenvalue weighted by atomic mass is 9.94. The van der Waals surface area contributed by atoms with Gasteiger partial charge < -0.3 is 20.1 Å². The maximum atomic E-state index is 13.6. The Morgan fingerprint density at radius 1 is 1.11 bits per heavy atom. The maximum absolute atomic E-state index is 13.6. The molecule has 1 aliphatic carbocycles. The van der Waals surface area contributed by atoms with Gasteiger partial charge in [-0.15, -0.1) is 0 Å². The van der Waals surface area contributed by atoms with Gasteiger partial charge >= 0.3 is 12.3 Å². The first kappa shape index (κ1) is 26.8. The van der Waals surface area contributed by atoms with Crippen molar-refractivity contribution in [3.63, 3.8) is 0 Å². The molecule has 0 radical (unpaired) electrons. The van der Waals surface area contributed by atoms with Crippen LogP contribution in [0.1, 0.15) is 30.0 Å². The third-order valence-electron chi connectivity index (χ3n) is 5.86. The quantitative estimate of drug-likeness (QED) is 0.491. The fourth-order valence-corrected chi connectivity index (χ4v) is 3.98. The molecule has 2 N–H and O–H groups in total. The van der Waals surface area contributed by atoms with E-state index in [1.54, 1.807) is 25.1 Å². The Balaban J connectivity index is 1.96. The summed E-state index contributed by atoms with van der Waals surface area (Å²) in [5, 5.41) is 0. The Morgan fingerprint density at radius 2 is 1.89 bits per heavy atom. The van der Waals surface area contributed by atoms with Gasteiger partial charge in [0.2, 0.25) is 5.91 Å². The highest BCUT2D eigenvalue weighted by Crippen LogP contribution is 2.38. The Labute approximate surface area is 208 Å². The molecule has 0 saturated heterocycles. The molecule has 3 rings (SSSR count). The molecule has 0 fully saturated rings. The van der Waals surface area contributed by atoms with Crippen LogP contribution in [0.3, 0.4) is 0 Å². The van der Waals surface area contributed by atoms with Crippen LogP contribution in [0.25, 0.3) is 11.1 Å². The van der Waals surface area contributed by atoms with Crippen molar-refractivity contribution in [1.29, 1.82) is 0 Å². The Kier molecular flexibility index (Phi) is 8.79. The summed E-state index contributed by atoms with van der Waals surface area (Å²) in [5.74, 6) is -0.0759. The summed E-state index contributed by atoms with van der Waals surface area (Å²) >= 11 is 0. The van der Waals surface area contributed by atoms with E-state index >= 15 is 0 Å². The Hall–Kier alpha value is -3.75. The molecule has 1 aliphatic rings. The molecule has 1 atom stereocenters. The molecule has 0 aromatic heterocycles. The number of methoxy groups -OCH3 is 1. The zero-order valence-corrected chi connectivity index (χ0v) is 20.2. The van der Waals surface area contributed by atoms with Crippen LogP contribution in [0.5, 0.6) is 5.75 Å². The van der Waals surface area contributed by atoms with Crippen LogP contribution in [0.15, 0.2) is 60.7 Å². The fraction of sp³-hybridized carbons (Fsp3) is 0.333. The third-order valence-corrected chi connectivity index (χ3v) is 5.86. The Morgan fingerprint density at radius 3 is 2.50 bits per heavy atom. The first-order valence-corrected chi connectivity index (χ1v) is 11.5. The molecule has 2 amide bonds. The molecule has 2 aromatic rings. The van der Waals surface area contributed by atoms with Gasteiger partial charge in [-0.05, 0) is 54.3 Å². The standard InChI is InChI=1S/C27H29F3N2O4/c1-3-32(26(34)36-17-18-7-5-4-6-8-18)16-20-15-21(27(28,29)30)10-11-22(20)23-13-19(14-25(31)33)9-12-24(23)35-2/h4-7,9-13,15,18H,3,8,14,16-17H2,1-2H3,(H2,31,33). The largest absolute Gasteiger partial charge is 0.496 e. The summed E-state index contributed by atoms with van der Waals surface area (Å²) in [6, 6.07) is 8.32. The molecule has 2 aromatic carbocycles. The second-order valence-corrected chi connectivity index (χ2v) is 8.45. The first-order valence-electron chi connectivity index (χ1n) is 11.5. The third kappa shape index (κ3) is 6.90. The highest BCUT2D eigenvalue weighted by Gasteiger charge is 2.32. The normalized spacial score (nSPS) is 15.0. The lowest BCUT2D eigenvalue weighted by molar-refractivity contribution is -0.137. The van der Waals surface area contributed by atoms with E-state index < -0.39 is 23.7 Å². The number of allylic oxidation sites excluding steroid dienone is 3. The van der Waals surface area contributed by atoms with E-state index in [2.05, 4.69) is 0 Å². The highest BCUT2D eigenvalue weighted by atomic mass is 19.4. The van der Waals surface area contributed by atoms with Crippen LogP contribution in [0.2, 0.25) is 0 Å². The number of primary amides is 1. The monoisotopic (exact) mass is 502 g/mol. The molecule has 36 heavy (non-hydrogen) atoms. The number of carbonyl (C=O) groups is 2. The number of hydrogen-bond donors (Lipinski definition) is 1. The van der Waals surface area contributed by atoms with Gasteiger partial charge in [0.05, 0.1) is 25.7 Å². The molecular weight excluding hydrogens is 473 g/mol. The van der Waals surface area contributed by atoms with Crippen molar-refractivity contribution in [3.05, 3.63) is 77.4 Å². The minimum absolute atomic E-state index is 0.0365. The predicted molar refractivity (Wildman–Crippen MR) is 130 cm³/mol. The van der Waals surface area contributed by atoms with Crippen LogP contribution in [-0.2, 0) is 28.7 Å². The summed E-state index contributed by atoms with van der Waals surface area (Å²) in [5.41, 5.74) is 6.27. The van der Waals surface area contributed by atoms with E-state index in [-0.39, 0.29) is 37.6 Å². The van der Waals surface area contributed by atoms with Gasteiger partial charge in [0.25, 0.3) is 0 Å². The van der Waals surface area contributed by atoms with Gasteiger partial charge in [0, 0.05) is 24.6 Å². The fourth-order valence-electron chi connectivity index (χ4n) is 3.98. The SMILES string of the molecule is CCN(Cc1cc(C(F)(F)F)ccc1-c1cc(CC(N)=O)ccc1OC)C(=O)OCC1C=CC=CC1. The molecule has 0 bridgehead atoms. The van der Waals surface area contributed by atoms with Gasteiger partial charge in [-0.1, -0.05) is 36.4 Å². The zero-order chi connectivity index (χ0) is 26.3. The van der Waals surface area contributed by atoms with Crippen molar-refractivity contribution in [1.82, 2.24) is 4.90 Å². The minimum atomic E-state index is -4.57. The summed E-state index contributed by atoms with van der Waals surface area (Å²) in [6.45, 7) is 2.02. The summed E-state index contributed by atoms with van der Waals surface area (Å²) in [6.07, 6.45) is 3.25. The van der Waals surface area contributed by atoms with Crippen molar-refractivity contribution in [2.45, 2.75) is 32.5 Å². The molecule has 0 heterocycles. The maximum Gasteiger partial charge on any atom is 0.416 e. The summed E-state index contributed by atoms with van der Waals surface area (Å²) < 4.78 is 51.6. The molecule has 9 heteroatoms. The van der Waals surface area contributed by atoms with E-state index in [0.29, 0.717) is 22.4 Å². The molecule has 0 aliphatic heterocycles. The van der Waals surface area contributed by atoms with Crippen LogP contribution in [0.4, 0.5) is 18.0 Å². The van der Waals surface area contributed by atoms with E-state index in [1.165, 1.54) is 18.1 Å². The minimum Gasteiger partial charge on any atom is -0.496 e. The Bertz CT molecular complexity index is 1160. The van der Waals surface area contributed by atoms with Gasteiger partial charge in [-0.2, -0.15) is 13.2 Å². The van der Waals surface area contributed by atoms with Gasteiger partial charge in [0.1, 0.15) is 5.75 Å². The predicted octanol–water partition coefficient (Wildman–Crippen LogP) is 5.50. The second kappa shape index (κ2) is 11.8. The van der Waals surface area contributed by atoms with Crippen LogP contribution in [-0.4, -0.2) is 37.2 Å². The number of halogens is 3. The smallest absolute Gasteiger partial charge is 0.416 e. The molecule has 0 spiro atoms. The van der Waals surface area contributed by atoms with Crippen molar-refractivity contribution >= 4 is 12.0 Å². The van der Waals surface area contributed by atoms with E-state index in [9.17, 15) is 22.8 Å². The number of carbonyl (C=O) groups excluding carboxylic acids is 2. The number of hydrogen-bond acceptors (Lipinski definition) is 4. The van der Waals surface area contributed by atoms with Crippen LogP contribution >= 0.6 is 0 Å². The van der Waals surface area contributed by atoms with Crippen molar-refractivity contribution in [2.75, 3.05) is 20.3 Å². The van der Waals surface area contributed by atoms with E-state index in [1.807, 2.05) is 24.3 Å². The number of rotatable bonds is 9. The molecule has 6 nitrogen and oxygen atoms in total. The van der Waals surface area contributed by atoms with Crippen LogP contribution < -0.4 is 10.5 Å². The number of ether oxygens (including phenoxy) is 2. The van der Waals surface area contributed by atoms with Gasteiger partial charge in [0.15, 0.2) is 0 Å². The number of nitrogens with zero attached hydrogens (tertiary/aromatic N) is 1. The topological polar surface area (TPSA) is 81.9 Å². The van der Waals surface area contributed by atoms with Crippen LogP contribution in [0, 0.1) is 5.92 Å². The molecule has 0 saturated carbocycles. The van der Waals surface area contributed by atoms with Crippen molar-refractivity contribution in [3.8, 4) is 16.9 Å². The zero-order valence-electron chi connectivity index (χ0n) is 20.2. The average Bonchev–Trinajstić information content (AvgIpc) is 2.85. The second-order valence-electron chi connectivity index (χ2n) is 8.45. The summed E-state index contributed by atoms with van der Waals surface area (Å²) in [4.78, 5) is 25.6. The van der Waals surface area contributed by atoms with Gasteiger partial charge in [-0.3, -0.25) is 4.79 Å². The number of amides is 2. The van der Waals surface area contributed by atoms with E-state index in [4.69, 9.17) is 15.2 Å². The first-order chi connectivity index (χ1) is 17.1. The summed E-state index contributed by atoms with van der Waals surface area (Å²) in [7, 11) is 1.45. The molecule has 192 valence electrons. The van der Waals surface area contributed by atoms with Crippen molar-refractivity contribution in [2.24, 2.45) is 11.7 Å².